The van der Waals surface area contributed by atoms with Crippen LogP contribution in [0.5, 0.6) is 11.5 Å². The van der Waals surface area contributed by atoms with Crippen LogP contribution in [-0.2, 0) is 4.79 Å². The third-order valence-corrected chi connectivity index (χ3v) is 7.01. The standard InChI is InChI=1S/C23H29N3O4S/c1-29-17-7-8-20(30-2)18(15-17)19-5-3-9-26(19)16-22(27)24-10-12-25(13-11-24)23(28)21-6-4-14-31-21/h4,6-8,14-15,19H,3,5,9-13,16H2,1-2H3/t19-/m0/s1. The van der Waals surface area contributed by atoms with Crippen molar-refractivity contribution in [3.63, 3.8) is 0 Å². The molecule has 8 heteroatoms. The van der Waals surface area contributed by atoms with E-state index in [2.05, 4.69) is 4.90 Å². The maximum Gasteiger partial charge on any atom is 0.264 e. The Labute approximate surface area is 187 Å². The molecule has 2 saturated heterocycles. The lowest BCUT2D eigenvalue weighted by Crippen LogP contribution is -2.52. The van der Waals surface area contributed by atoms with Gasteiger partial charge >= 0.3 is 0 Å². The normalized spacial score (nSPS) is 19.5. The molecule has 0 bridgehead atoms. The minimum absolute atomic E-state index is 0.0619. The lowest BCUT2D eigenvalue weighted by atomic mass is 10.0. The summed E-state index contributed by atoms with van der Waals surface area (Å²) in [4.78, 5) is 32.3. The maximum absolute atomic E-state index is 13.0. The van der Waals surface area contributed by atoms with Gasteiger partial charge in [-0.1, -0.05) is 6.07 Å². The SMILES string of the molecule is COc1ccc(OC)c([C@@H]2CCCN2CC(=O)N2CCN(C(=O)c3cccs3)CC2)c1. The Morgan fingerprint density at radius 3 is 2.48 bits per heavy atom. The third kappa shape index (κ3) is 4.70. The van der Waals surface area contributed by atoms with E-state index in [4.69, 9.17) is 9.47 Å². The van der Waals surface area contributed by atoms with Crippen LogP contribution >= 0.6 is 11.3 Å². The molecule has 0 radical (unpaired) electrons. The summed E-state index contributed by atoms with van der Waals surface area (Å²) in [6, 6.07) is 9.71. The van der Waals surface area contributed by atoms with E-state index >= 15 is 0 Å². The van der Waals surface area contributed by atoms with Crippen LogP contribution in [0.1, 0.15) is 34.1 Å². The van der Waals surface area contributed by atoms with Gasteiger partial charge in [0.25, 0.3) is 5.91 Å². The van der Waals surface area contributed by atoms with Gasteiger partial charge in [-0.05, 0) is 49.0 Å². The minimum atomic E-state index is 0.0619. The number of carbonyl (C=O) groups excluding carboxylic acids is 2. The topological polar surface area (TPSA) is 62.3 Å². The van der Waals surface area contributed by atoms with E-state index in [-0.39, 0.29) is 17.9 Å². The van der Waals surface area contributed by atoms with Crippen molar-refractivity contribution in [1.82, 2.24) is 14.7 Å². The van der Waals surface area contributed by atoms with E-state index in [0.717, 1.165) is 41.3 Å². The first kappa shape index (κ1) is 21.6. The Bertz CT molecular complexity index is 910. The predicted octanol–water partition coefficient (Wildman–Crippen LogP) is 2.89. The number of likely N-dealkylation sites (tertiary alicyclic amines) is 1. The second-order valence-electron chi connectivity index (χ2n) is 7.89. The summed E-state index contributed by atoms with van der Waals surface area (Å²) in [6.07, 6.45) is 2.03. The van der Waals surface area contributed by atoms with Crippen molar-refractivity contribution >= 4 is 23.2 Å². The Balaban J connectivity index is 1.37. The molecular weight excluding hydrogens is 414 g/mol. The van der Waals surface area contributed by atoms with E-state index < -0.39 is 0 Å². The summed E-state index contributed by atoms with van der Waals surface area (Å²) in [7, 11) is 3.33. The largest absolute Gasteiger partial charge is 0.497 e. The second-order valence-corrected chi connectivity index (χ2v) is 8.83. The van der Waals surface area contributed by atoms with Crippen molar-refractivity contribution in [2.45, 2.75) is 18.9 Å². The van der Waals surface area contributed by atoms with Crippen LogP contribution in [0.15, 0.2) is 35.7 Å². The van der Waals surface area contributed by atoms with E-state index in [1.807, 2.05) is 45.5 Å². The molecule has 1 aromatic carbocycles. The van der Waals surface area contributed by atoms with Crippen LogP contribution in [-0.4, -0.2) is 80.0 Å². The number of ether oxygens (including phenoxy) is 2. The molecule has 1 aromatic heterocycles. The fourth-order valence-corrected chi connectivity index (χ4v) is 5.15. The van der Waals surface area contributed by atoms with Crippen molar-refractivity contribution in [3.8, 4) is 11.5 Å². The van der Waals surface area contributed by atoms with Gasteiger partial charge in [-0.15, -0.1) is 11.3 Å². The zero-order valence-electron chi connectivity index (χ0n) is 18.1. The summed E-state index contributed by atoms with van der Waals surface area (Å²) < 4.78 is 11.0. The quantitative estimate of drug-likeness (QED) is 0.687. The number of methoxy groups -OCH3 is 2. The monoisotopic (exact) mass is 443 g/mol. The van der Waals surface area contributed by atoms with Gasteiger partial charge in [-0.25, -0.2) is 0 Å². The number of amides is 2. The van der Waals surface area contributed by atoms with Gasteiger partial charge < -0.3 is 19.3 Å². The predicted molar refractivity (Wildman–Crippen MR) is 120 cm³/mol. The minimum Gasteiger partial charge on any atom is -0.497 e. The molecule has 7 nitrogen and oxygen atoms in total. The molecule has 0 unspecified atom stereocenters. The van der Waals surface area contributed by atoms with Crippen LogP contribution in [0.25, 0.3) is 0 Å². The van der Waals surface area contributed by atoms with Crippen molar-refractivity contribution in [2.24, 2.45) is 0 Å². The molecular formula is C23H29N3O4S. The van der Waals surface area contributed by atoms with Gasteiger partial charge in [-0.3, -0.25) is 14.5 Å². The van der Waals surface area contributed by atoms with Crippen LogP contribution in [0.4, 0.5) is 0 Å². The molecule has 2 aromatic rings. The molecule has 1 atom stereocenters. The van der Waals surface area contributed by atoms with Crippen molar-refractivity contribution in [1.29, 1.82) is 0 Å². The number of benzene rings is 1. The lowest BCUT2D eigenvalue weighted by molar-refractivity contribution is -0.134. The van der Waals surface area contributed by atoms with E-state index in [1.165, 1.54) is 11.3 Å². The number of nitrogens with zero attached hydrogens (tertiary/aromatic N) is 3. The highest BCUT2D eigenvalue weighted by Gasteiger charge is 2.32. The average Bonchev–Trinajstić information content (AvgIpc) is 3.50. The van der Waals surface area contributed by atoms with Crippen molar-refractivity contribution in [3.05, 3.63) is 46.2 Å². The molecule has 0 aliphatic carbocycles. The van der Waals surface area contributed by atoms with E-state index in [9.17, 15) is 9.59 Å². The summed E-state index contributed by atoms with van der Waals surface area (Å²) in [5.74, 6) is 1.80. The zero-order chi connectivity index (χ0) is 21.8. The molecule has 0 spiro atoms. The van der Waals surface area contributed by atoms with Gasteiger partial charge in [0.1, 0.15) is 11.5 Å². The molecule has 2 aliphatic heterocycles. The molecule has 166 valence electrons. The van der Waals surface area contributed by atoms with Gasteiger partial charge in [0.15, 0.2) is 0 Å². The highest BCUT2D eigenvalue weighted by atomic mass is 32.1. The summed E-state index contributed by atoms with van der Waals surface area (Å²) in [5, 5.41) is 1.91. The smallest absolute Gasteiger partial charge is 0.264 e. The first-order valence-electron chi connectivity index (χ1n) is 10.7. The van der Waals surface area contributed by atoms with Crippen LogP contribution < -0.4 is 9.47 Å². The molecule has 2 aliphatic rings. The van der Waals surface area contributed by atoms with Gasteiger partial charge in [0.05, 0.1) is 25.6 Å². The van der Waals surface area contributed by atoms with Gasteiger partial charge in [0.2, 0.25) is 5.91 Å². The number of piperazine rings is 1. The maximum atomic E-state index is 13.0. The zero-order valence-corrected chi connectivity index (χ0v) is 18.9. The number of rotatable bonds is 6. The van der Waals surface area contributed by atoms with E-state index in [0.29, 0.717) is 32.7 Å². The summed E-state index contributed by atoms with van der Waals surface area (Å²) >= 11 is 1.46. The fraction of sp³-hybridized carbons (Fsp3) is 0.478. The third-order valence-electron chi connectivity index (χ3n) is 6.15. The average molecular weight is 444 g/mol. The van der Waals surface area contributed by atoms with Crippen LogP contribution in [0.3, 0.4) is 0 Å². The molecule has 2 fully saturated rings. The fourth-order valence-electron chi connectivity index (χ4n) is 4.46. The summed E-state index contributed by atoms with van der Waals surface area (Å²) in [6.45, 7) is 3.58. The second kappa shape index (κ2) is 9.70. The first-order valence-corrected chi connectivity index (χ1v) is 11.5. The molecule has 4 rings (SSSR count). The number of thiophene rings is 1. The molecule has 0 saturated carbocycles. The Hall–Kier alpha value is -2.58. The Morgan fingerprint density at radius 2 is 1.81 bits per heavy atom. The molecule has 3 heterocycles. The molecule has 0 N–H and O–H groups in total. The van der Waals surface area contributed by atoms with Gasteiger partial charge in [0, 0.05) is 37.8 Å². The van der Waals surface area contributed by atoms with E-state index in [1.54, 1.807) is 14.2 Å². The lowest BCUT2D eigenvalue weighted by Gasteiger charge is -2.36. The Morgan fingerprint density at radius 1 is 1.03 bits per heavy atom. The van der Waals surface area contributed by atoms with Crippen molar-refractivity contribution < 1.29 is 19.1 Å². The van der Waals surface area contributed by atoms with Gasteiger partial charge in [-0.2, -0.15) is 0 Å². The molecule has 31 heavy (non-hydrogen) atoms. The number of hydrogen-bond donors (Lipinski definition) is 0. The number of carbonyl (C=O) groups is 2. The Kier molecular flexibility index (Phi) is 6.77. The van der Waals surface area contributed by atoms with Crippen LogP contribution in [0.2, 0.25) is 0 Å². The number of hydrogen-bond acceptors (Lipinski definition) is 6. The van der Waals surface area contributed by atoms with Crippen LogP contribution in [0, 0.1) is 0 Å². The first-order chi connectivity index (χ1) is 15.1. The highest BCUT2D eigenvalue weighted by molar-refractivity contribution is 7.12. The highest BCUT2D eigenvalue weighted by Crippen LogP contribution is 2.38. The molecule has 2 amide bonds. The van der Waals surface area contributed by atoms with Crippen molar-refractivity contribution in [2.75, 3.05) is 53.5 Å². The summed E-state index contributed by atoms with van der Waals surface area (Å²) in [5.41, 5.74) is 1.07.